The standard InChI is InChI=1S/C20H18ClNO3S/c1-11-3-4-14(9-12(11)2)18(23)22-19-17(20(24)25)16(10-26-19)13-5-7-15(21)8-6-13/h3-9,16H,10H2,1-2H3,(H,22,23)(H,24,25). The number of aliphatic carboxylic acids is 1. The van der Waals surface area contributed by atoms with Gasteiger partial charge in [-0.2, -0.15) is 0 Å². The van der Waals surface area contributed by atoms with E-state index < -0.39 is 5.97 Å². The van der Waals surface area contributed by atoms with Crippen LogP contribution in [0.3, 0.4) is 0 Å². The van der Waals surface area contributed by atoms with Gasteiger partial charge in [0.05, 0.1) is 10.6 Å². The van der Waals surface area contributed by atoms with Crippen LogP contribution in [0.1, 0.15) is 33.0 Å². The summed E-state index contributed by atoms with van der Waals surface area (Å²) < 4.78 is 0. The topological polar surface area (TPSA) is 66.4 Å². The molecule has 0 radical (unpaired) electrons. The van der Waals surface area contributed by atoms with Crippen LogP contribution in [0.2, 0.25) is 5.02 Å². The molecule has 0 fully saturated rings. The van der Waals surface area contributed by atoms with E-state index in [9.17, 15) is 14.7 Å². The predicted molar refractivity (Wildman–Crippen MR) is 105 cm³/mol. The summed E-state index contributed by atoms with van der Waals surface area (Å²) in [5.41, 5.74) is 3.72. The minimum absolute atomic E-state index is 0.217. The second-order valence-corrected chi connectivity index (χ2v) is 7.68. The van der Waals surface area contributed by atoms with Crippen LogP contribution in [-0.2, 0) is 4.79 Å². The fraction of sp³-hybridized carbons (Fsp3) is 0.200. The third-order valence-electron chi connectivity index (χ3n) is 4.49. The van der Waals surface area contributed by atoms with Gasteiger partial charge in [0.25, 0.3) is 5.91 Å². The Morgan fingerprint density at radius 1 is 1.12 bits per heavy atom. The van der Waals surface area contributed by atoms with E-state index in [1.165, 1.54) is 11.8 Å². The summed E-state index contributed by atoms with van der Waals surface area (Å²) in [4.78, 5) is 24.4. The zero-order chi connectivity index (χ0) is 18.8. The van der Waals surface area contributed by atoms with Crippen molar-refractivity contribution in [1.82, 2.24) is 5.32 Å². The number of rotatable bonds is 4. The molecule has 1 atom stereocenters. The van der Waals surface area contributed by atoms with Gasteiger partial charge in [-0.25, -0.2) is 4.79 Å². The summed E-state index contributed by atoms with van der Waals surface area (Å²) in [6.07, 6.45) is 0. The predicted octanol–water partition coefficient (Wildman–Crippen LogP) is 4.51. The highest BCUT2D eigenvalue weighted by Crippen LogP contribution is 2.41. The van der Waals surface area contributed by atoms with Gasteiger partial charge in [-0.3, -0.25) is 4.79 Å². The third-order valence-corrected chi connectivity index (χ3v) is 5.85. The molecule has 0 aromatic heterocycles. The number of nitrogens with one attached hydrogen (secondary N) is 1. The highest BCUT2D eigenvalue weighted by molar-refractivity contribution is 8.03. The lowest BCUT2D eigenvalue weighted by molar-refractivity contribution is -0.132. The van der Waals surface area contributed by atoms with Crippen LogP contribution in [0, 0.1) is 13.8 Å². The van der Waals surface area contributed by atoms with Crippen molar-refractivity contribution >= 4 is 35.2 Å². The largest absolute Gasteiger partial charge is 0.478 e. The van der Waals surface area contributed by atoms with E-state index >= 15 is 0 Å². The van der Waals surface area contributed by atoms with E-state index in [0.717, 1.165) is 16.7 Å². The van der Waals surface area contributed by atoms with Crippen molar-refractivity contribution in [2.24, 2.45) is 0 Å². The average Bonchev–Trinajstić information content (AvgIpc) is 3.01. The van der Waals surface area contributed by atoms with Gasteiger partial charge in [0, 0.05) is 22.3 Å². The normalized spacial score (nSPS) is 16.7. The van der Waals surface area contributed by atoms with Crippen LogP contribution in [0.25, 0.3) is 0 Å². The number of carbonyl (C=O) groups excluding carboxylic acids is 1. The SMILES string of the molecule is Cc1ccc(C(=O)NC2=C(C(=O)O)C(c3ccc(Cl)cc3)CS2)cc1C. The summed E-state index contributed by atoms with van der Waals surface area (Å²) in [5.74, 6) is -1.05. The molecule has 0 aliphatic carbocycles. The molecule has 0 bridgehead atoms. The molecular weight excluding hydrogens is 370 g/mol. The third kappa shape index (κ3) is 3.79. The number of thioether (sulfide) groups is 1. The van der Waals surface area contributed by atoms with Gasteiger partial charge >= 0.3 is 5.97 Å². The molecule has 2 aromatic carbocycles. The first-order chi connectivity index (χ1) is 12.4. The van der Waals surface area contributed by atoms with Crippen molar-refractivity contribution in [1.29, 1.82) is 0 Å². The Morgan fingerprint density at radius 3 is 2.42 bits per heavy atom. The maximum atomic E-state index is 12.6. The molecule has 1 aliphatic heterocycles. The summed E-state index contributed by atoms with van der Waals surface area (Å²) in [7, 11) is 0. The number of hydrogen-bond donors (Lipinski definition) is 2. The highest BCUT2D eigenvalue weighted by atomic mass is 35.5. The van der Waals surface area contributed by atoms with Crippen LogP contribution >= 0.6 is 23.4 Å². The fourth-order valence-electron chi connectivity index (χ4n) is 2.85. The van der Waals surface area contributed by atoms with Crippen LogP contribution in [0.15, 0.2) is 53.1 Å². The summed E-state index contributed by atoms with van der Waals surface area (Å²) in [5, 5.41) is 13.5. The Labute approximate surface area is 161 Å². The molecule has 2 aromatic rings. The van der Waals surface area contributed by atoms with Gasteiger partial charge in [0.1, 0.15) is 0 Å². The van der Waals surface area contributed by atoms with Crippen molar-refractivity contribution in [3.8, 4) is 0 Å². The van der Waals surface area contributed by atoms with Crippen LogP contribution in [-0.4, -0.2) is 22.7 Å². The smallest absolute Gasteiger partial charge is 0.334 e. The van der Waals surface area contributed by atoms with Crippen molar-refractivity contribution in [3.63, 3.8) is 0 Å². The molecule has 1 unspecified atom stereocenters. The second-order valence-electron chi connectivity index (χ2n) is 6.22. The number of halogens is 1. The lowest BCUT2D eigenvalue weighted by Gasteiger charge is -2.12. The molecule has 134 valence electrons. The molecule has 3 rings (SSSR count). The molecule has 6 heteroatoms. The Morgan fingerprint density at radius 2 is 1.81 bits per heavy atom. The van der Waals surface area contributed by atoms with Crippen LogP contribution in [0.4, 0.5) is 0 Å². The Kier molecular flexibility index (Phi) is 5.39. The first-order valence-corrected chi connectivity index (χ1v) is 9.47. The van der Waals surface area contributed by atoms with E-state index in [0.29, 0.717) is 21.4 Å². The van der Waals surface area contributed by atoms with Gasteiger partial charge in [-0.1, -0.05) is 29.8 Å². The first-order valence-electron chi connectivity index (χ1n) is 8.11. The van der Waals surface area contributed by atoms with Crippen molar-refractivity contribution in [2.75, 3.05) is 5.75 Å². The van der Waals surface area contributed by atoms with Gasteiger partial charge in [-0.05, 0) is 54.8 Å². The number of amides is 1. The van der Waals surface area contributed by atoms with Gasteiger partial charge in [0.2, 0.25) is 0 Å². The number of carbonyl (C=O) groups is 2. The molecule has 2 N–H and O–H groups in total. The van der Waals surface area contributed by atoms with Crippen LogP contribution in [0.5, 0.6) is 0 Å². The molecule has 0 saturated carbocycles. The Balaban J connectivity index is 1.89. The lowest BCUT2D eigenvalue weighted by atomic mass is 9.93. The second kappa shape index (κ2) is 7.56. The quantitative estimate of drug-likeness (QED) is 0.809. The summed E-state index contributed by atoms with van der Waals surface area (Å²) in [6, 6.07) is 12.6. The maximum Gasteiger partial charge on any atom is 0.334 e. The molecule has 1 amide bonds. The zero-order valence-electron chi connectivity index (χ0n) is 14.4. The lowest BCUT2D eigenvalue weighted by Crippen LogP contribution is -2.23. The molecular formula is C20H18ClNO3S. The number of hydrogen-bond acceptors (Lipinski definition) is 3. The first kappa shape index (κ1) is 18.5. The number of carboxylic acids is 1. The molecule has 4 nitrogen and oxygen atoms in total. The Hall–Kier alpha value is -2.24. The zero-order valence-corrected chi connectivity index (χ0v) is 15.9. The molecule has 0 spiro atoms. The highest BCUT2D eigenvalue weighted by Gasteiger charge is 2.33. The number of benzene rings is 2. The van der Waals surface area contributed by atoms with Gasteiger partial charge in [-0.15, -0.1) is 11.8 Å². The van der Waals surface area contributed by atoms with Crippen LogP contribution < -0.4 is 5.32 Å². The van der Waals surface area contributed by atoms with Gasteiger partial charge in [0.15, 0.2) is 0 Å². The molecule has 1 heterocycles. The maximum absolute atomic E-state index is 12.6. The Bertz CT molecular complexity index is 906. The van der Waals surface area contributed by atoms with E-state index in [1.54, 1.807) is 18.2 Å². The minimum Gasteiger partial charge on any atom is -0.478 e. The molecule has 0 saturated heterocycles. The number of aryl methyl sites for hydroxylation is 2. The van der Waals surface area contributed by atoms with E-state index in [1.807, 2.05) is 38.1 Å². The fourth-order valence-corrected chi connectivity index (χ4v) is 4.22. The molecule has 1 aliphatic rings. The van der Waals surface area contributed by atoms with E-state index in [2.05, 4.69) is 5.32 Å². The minimum atomic E-state index is -1.02. The van der Waals surface area contributed by atoms with Crippen molar-refractivity contribution < 1.29 is 14.7 Å². The van der Waals surface area contributed by atoms with E-state index in [-0.39, 0.29) is 17.4 Å². The van der Waals surface area contributed by atoms with Gasteiger partial charge < -0.3 is 10.4 Å². The van der Waals surface area contributed by atoms with Crippen molar-refractivity contribution in [2.45, 2.75) is 19.8 Å². The van der Waals surface area contributed by atoms with Crippen molar-refractivity contribution in [3.05, 3.63) is 80.3 Å². The number of carboxylic acid groups (broad SMARTS) is 1. The molecule has 26 heavy (non-hydrogen) atoms. The van der Waals surface area contributed by atoms with E-state index in [4.69, 9.17) is 11.6 Å². The monoisotopic (exact) mass is 387 g/mol. The summed E-state index contributed by atoms with van der Waals surface area (Å²) >= 11 is 7.27. The summed E-state index contributed by atoms with van der Waals surface area (Å²) in [6.45, 7) is 3.92. The average molecular weight is 388 g/mol.